The number of rotatable bonds is 1. The van der Waals surface area contributed by atoms with Crippen molar-refractivity contribution >= 4 is 11.9 Å². The highest BCUT2D eigenvalue weighted by Crippen LogP contribution is 2.35. The molecule has 3 rings (SSSR count). The number of urea groups is 1. The first kappa shape index (κ1) is 14.7. The number of amides is 3. The molecular weight excluding hydrogens is 266 g/mol. The Morgan fingerprint density at radius 3 is 2.14 bits per heavy atom. The smallest absolute Gasteiger partial charge is 0.320 e. The normalized spacial score (nSPS) is 32.7. The zero-order valence-corrected chi connectivity index (χ0v) is 13.0. The van der Waals surface area contributed by atoms with Gasteiger partial charge in [0.15, 0.2) is 0 Å². The SMILES string of the molecule is CC(=O)NC1C[C@H]2CCC[C@@H](C1)N2C(=O)N1CCCCC1. The molecule has 0 saturated carbocycles. The van der Waals surface area contributed by atoms with E-state index in [0.717, 1.165) is 51.6 Å². The summed E-state index contributed by atoms with van der Waals surface area (Å²) < 4.78 is 0. The lowest BCUT2D eigenvalue weighted by molar-refractivity contribution is -0.120. The fourth-order valence-corrected chi connectivity index (χ4v) is 4.35. The Kier molecular flexibility index (Phi) is 4.36. The first-order valence-corrected chi connectivity index (χ1v) is 8.49. The average Bonchev–Trinajstić information content (AvgIpc) is 2.46. The summed E-state index contributed by atoms with van der Waals surface area (Å²) in [4.78, 5) is 28.4. The number of hydrogen-bond acceptors (Lipinski definition) is 2. The quantitative estimate of drug-likeness (QED) is 0.805. The lowest BCUT2D eigenvalue weighted by Crippen LogP contribution is -2.61. The van der Waals surface area contributed by atoms with Crippen molar-refractivity contribution in [2.45, 2.75) is 76.4 Å². The molecule has 3 fully saturated rings. The molecule has 0 aromatic carbocycles. The molecule has 5 heteroatoms. The first-order chi connectivity index (χ1) is 10.1. The number of carbonyl (C=O) groups is 2. The maximum Gasteiger partial charge on any atom is 0.320 e. The summed E-state index contributed by atoms with van der Waals surface area (Å²) in [5.74, 6) is 0.0499. The number of piperidine rings is 3. The van der Waals surface area contributed by atoms with Crippen molar-refractivity contribution in [3.8, 4) is 0 Å². The van der Waals surface area contributed by atoms with E-state index in [0.29, 0.717) is 12.1 Å². The summed E-state index contributed by atoms with van der Waals surface area (Å²) in [6, 6.07) is 1.15. The maximum atomic E-state index is 12.9. The van der Waals surface area contributed by atoms with Gasteiger partial charge in [0.25, 0.3) is 0 Å². The van der Waals surface area contributed by atoms with Crippen molar-refractivity contribution in [1.29, 1.82) is 0 Å². The summed E-state index contributed by atoms with van der Waals surface area (Å²) in [6.07, 6.45) is 8.78. The molecule has 118 valence electrons. The van der Waals surface area contributed by atoms with E-state index >= 15 is 0 Å². The third-order valence-electron chi connectivity index (χ3n) is 5.23. The van der Waals surface area contributed by atoms with Crippen LogP contribution in [0.3, 0.4) is 0 Å². The van der Waals surface area contributed by atoms with E-state index in [1.807, 2.05) is 4.90 Å². The van der Waals surface area contributed by atoms with Crippen molar-refractivity contribution in [3.05, 3.63) is 0 Å². The van der Waals surface area contributed by atoms with Gasteiger partial charge in [0.05, 0.1) is 0 Å². The molecule has 0 spiro atoms. The van der Waals surface area contributed by atoms with Crippen molar-refractivity contribution in [3.63, 3.8) is 0 Å². The van der Waals surface area contributed by atoms with E-state index in [1.165, 1.54) is 12.8 Å². The summed E-state index contributed by atoms with van der Waals surface area (Å²) >= 11 is 0. The molecular formula is C16H27N3O2. The molecule has 3 aliphatic heterocycles. The largest absolute Gasteiger partial charge is 0.353 e. The summed E-state index contributed by atoms with van der Waals surface area (Å²) in [7, 11) is 0. The van der Waals surface area contributed by atoms with Crippen LogP contribution >= 0.6 is 0 Å². The van der Waals surface area contributed by atoms with Crippen LogP contribution in [-0.4, -0.2) is 53.0 Å². The van der Waals surface area contributed by atoms with E-state index in [2.05, 4.69) is 10.2 Å². The van der Waals surface area contributed by atoms with E-state index in [9.17, 15) is 9.59 Å². The molecule has 1 unspecified atom stereocenters. The molecule has 3 heterocycles. The molecule has 1 N–H and O–H groups in total. The Labute approximate surface area is 127 Å². The second-order valence-electron chi connectivity index (χ2n) is 6.84. The van der Waals surface area contributed by atoms with Gasteiger partial charge in [0.2, 0.25) is 5.91 Å². The molecule has 2 bridgehead atoms. The highest BCUT2D eigenvalue weighted by atomic mass is 16.2. The van der Waals surface area contributed by atoms with Crippen LogP contribution in [0, 0.1) is 0 Å². The number of fused-ring (bicyclic) bond motifs is 2. The molecule has 3 saturated heterocycles. The van der Waals surface area contributed by atoms with Crippen LogP contribution in [0.4, 0.5) is 4.79 Å². The van der Waals surface area contributed by atoms with E-state index in [-0.39, 0.29) is 18.0 Å². The first-order valence-electron chi connectivity index (χ1n) is 8.49. The Hall–Kier alpha value is -1.26. The minimum Gasteiger partial charge on any atom is -0.353 e. The average molecular weight is 293 g/mol. The fraction of sp³-hybridized carbons (Fsp3) is 0.875. The monoisotopic (exact) mass is 293 g/mol. The second-order valence-corrected chi connectivity index (χ2v) is 6.84. The van der Waals surface area contributed by atoms with Crippen LogP contribution < -0.4 is 5.32 Å². The maximum absolute atomic E-state index is 12.9. The molecule has 0 aliphatic carbocycles. The lowest BCUT2D eigenvalue weighted by atomic mass is 9.82. The molecule has 3 aliphatic rings. The number of carbonyl (C=O) groups excluding carboxylic acids is 2. The number of nitrogens with one attached hydrogen (secondary N) is 1. The number of hydrogen-bond donors (Lipinski definition) is 1. The molecule has 0 aromatic heterocycles. The number of likely N-dealkylation sites (tertiary alicyclic amines) is 1. The van der Waals surface area contributed by atoms with Gasteiger partial charge in [-0.1, -0.05) is 0 Å². The van der Waals surface area contributed by atoms with Gasteiger partial charge in [0, 0.05) is 38.1 Å². The second kappa shape index (κ2) is 6.24. The number of nitrogens with zero attached hydrogens (tertiary/aromatic N) is 2. The topological polar surface area (TPSA) is 52.7 Å². The van der Waals surface area contributed by atoms with Crippen LogP contribution in [0.2, 0.25) is 0 Å². The predicted octanol–water partition coefficient (Wildman–Crippen LogP) is 2.11. The zero-order chi connectivity index (χ0) is 14.8. The summed E-state index contributed by atoms with van der Waals surface area (Å²) in [6.45, 7) is 3.43. The third-order valence-corrected chi connectivity index (χ3v) is 5.23. The Morgan fingerprint density at radius 2 is 1.57 bits per heavy atom. The van der Waals surface area contributed by atoms with Gasteiger partial charge in [-0.25, -0.2) is 4.79 Å². The zero-order valence-electron chi connectivity index (χ0n) is 13.0. The molecule has 0 radical (unpaired) electrons. The van der Waals surface area contributed by atoms with Crippen LogP contribution in [-0.2, 0) is 4.79 Å². The van der Waals surface area contributed by atoms with Gasteiger partial charge < -0.3 is 15.1 Å². The Balaban J connectivity index is 1.68. The van der Waals surface area contributed by atoms with Crippen LogP contribution in [0.15, 0.2) is 0 Å². The van der Waals surface area contributed by atoms with Gasteiger partial charge >= 0.3 is 6.03 Å². The standard InChI is InChI=1S/C16H27N3O2/c1-12(20)17-13-10-14-6-5-7-15(11-13)19(14)16(21)18-8-3-2-4-9-18/h13-15H,2-11H2,1H3,(H,17,20)/t13?,14-,15+. The van der Waals surface area contributed by atoms with Gasteiger partial charge in [-0.2, -0.15) is 0 Å². The predicted molar refractivity (Wildman–Crippen MR) is 80.9 cm³/mol. The minimum atomic E-state index is 0.0499. The minimum absolute atomic E-state index is 0.0499. The van der Waals surface area contributed by atoms with Crippen LogP contribution in [0.5, 0.6) is 0 Å². The van der Waals surface area contributed by atoms with E-state index < -0.39 is 0 Å². The molecule has 3 amide bonds. The van der Waals surface area contributed by atoms with E-state index in [4.69, 9.17) is 0 Å². The Morgan fingerprint density at radius 1 is 0.952 bits per heavy atom. The van der Waals surface area contributed by atoms with Crippen LogP contribution in [0.25, 0.3) is 0 Å². The van der Waals surface area contributed by atoms with Gasteiger partial charge in [-0.05, 0) is 51.4 Å². The van der Waals surface area contributed by atoms with Crippen molar-refractivity contribution in [2.75, 3.05) is 13.1 Å². The lowest BCUT2D eigenvalue weighted by Gasteiger charge is -2.50. The third kappa shape index (κ3) is 3.16. The van der Waals surface area contributed by atoms with Crippen LogP contribution in [0.1, 0.15) is 58.3 Å². The molecule has 5 nitrogen and oxygen atoms in total. The van der Waals surface area contributed by atoms with E-state index in [1.54, 1.807) is 6.92 Å². The van der Waals surface area contributed by atoms with Crippen molar-refractivity contribution in [1.82, 2.24) is 15.1 Å². The van der Waals surface area contributed by atoms with Gasteiger partial charge in [-0.3, -0.25) is 4.79 Å². The highest BCUT2D eigenvalue weighted by molar-refractivity contribution is 5.76. The Bertz CT molecular complexity index is 392. The molecule has 3 atom stereocenters. The highest BCUT2D eigenvalue weighted by Gasteiger charge is 2.42. The van der Waals surface area contributed by atoms with Crippen molar-refractivity contribution in [2.24, 2.45) is 0 Å². The molecule has 21 heavy (non-hydrogen) atoms. The fourth-order valence-electron chi connectivity index (χ4n) is 4.35. The molecule has 0 aromatic rings. The summed E-state index contributed by atoms with van der Waals surface area (Å²) in [5.41, 5.74) is 0. The van der Waals surface area contributed by atoms with Gasteiger partial charge in [0.1, 0.15) is 0 Å². The summed E-state index contributed by atoms with van der Waals surface area (Å²) in [5, 5.41) is 3.06. The van der Waals surface area contributed by atoms with Crippen molar-refractivity contribution < 1.29 is 9.59 Å². The van der Waals surface area contributed by atoms with Gasteiger partial charge in [-0.15, -0.1) is 0 Å².